The molecule has 7 heteroatoms. The van der Waals surface area contributed by atoms with Crippen molar-refractivity contribution in [1.82, 2.24) is 5.43 Å². The fourth-order valence-electron chi connectivity index (χ4n) is 1.67. The molecule has 0 heterocycles. The van der Waals surface area contributed by atoms with Gasteiger partial charge in [-0.2, -0.15) is 13.7 Å². The maximum Gasteiger partial charge on any atom is 0.219 e. The molecule has 20 heavy (non-hydrogen) atoms. The average Bonchev–Trinajstić information content (AvgIpc) is 2.46. The maximum absolute atomic E-state index is 11.1. The number of allylic oxidation sites excluding steroid dienone is 2. The van der Waals surface area contributed by atoms with Crippen LogP contribution in [0.15, 0.2) is 42.5 Å². The van der Waals surface area contributed by atoms with E-state index in [4.69, 9.17) is 5.26 Å². The Bertz CT molecular complexity index is 750. The van der Waals surface area contributed by atoms with Crippen LogP contribution in [0.4, 0.5) is 5.69 Å². The van der Waals surface area contributed by atoms with Crippen LogP contribution in [0.25, 0.3) is 0 Å². The highest BCUT2D eigenvalue weighted by atomic mass is 32.2. The summed E-state index contributed by atoms with van der Waals surface area (Å²) in [5, 5.41) is 18.4. The highest BCUT2D eigenvalue weighted by molar-refractivity contribution is 7.73. The molecule has 1 atom stereocenters. The first kappa shape index (κ1) is 13.9. The Balaban J connectivity index is 2.13. The number of anilines is 1. The van der Waals surface area contributed by atoms with Gasteiger partial charge in [0.05, 0.1) is 28.2 Å². The predicted molar refractivity (Wildman–Crippen MR) is 75.6 cm³/mol. The first-order valence-electron chi connectivity index (χ1n) is 5.67. The number of hydrogen-bond donors (Lipinski definition) is 3. The molecule has 0 radical (unpaired) electrons. The van der Waals surface area contributed by atoms with Crippen LogP contribution in [0.3, 0.4) is 0 Å². The Morgan fingerprint density at radius 3 is 2.75 bits per heavy atom. The van der Waals surface area contributed by atoms with Crippen molar-refractivity contribution in [3.63, 3.8) is 0 Å². The van der Waals surface area contributed by atoms with Gasteiger partial charge in [-0.3, -0.25) is 0 Å². The molecule has 0 saturated carbocycles. The van der Waals surface area contributed by atoms with E-state index in [1.165, 1.54) is 24.3 Å². The molecule has 0 spiro atoms. The first-order valence-corrected chi connectivity index (χ1v) is 6.75. The van der Waals surface area contributed by atoms with Crippen molar-refractivity contribution in [3.8, 4) is 11.8 Å². The largest absolute Gasteiger partial charge is 0.506 e. The van der Waals surface area contributed by atoms with E-state index in [0.717, 1.165) is 0 Å². The number of hydrogen-bond acceptors (Lipinski definition) is 6. The Kier molecular flexibility index (Phi) is 4.20. The van der Waals surface area contributed by atoms with Crippen molar-refractivity contribution >= 4 is 20.8 Å². The monoisotopic (exact) mass is 289 g/mol. The molecule has 102 valence electrons. The summed E-state index contributed by atoms with van der Waals surface area (Å²) in [6, 6.07) is 5.75. The Labute approximate surface area is 117 Å². The van der Waals surface area contributed by atoms with E-state index in [9.17, 15) is 13.5 Å². The molecule has 1 aromatic rings. The smallest absolute Gasteiger partial charge is 0.219 e. The van der Waals surface area contributed by atoms with Gasteiger partial charge >= 0.3 is 0 Å². The zero-order chi connectivity index (χ0) is 14.5. The molecule has 1 aliphatic rings. The number of nitrogens with one attached hydrogen (secondary N) is 2. The Hall–Kier alpha value is -2.56. The van der Waals surface area contributed by atoms with Gasteiger partial charge in [-0.1, -0.05) is 18.2 Å². The van der Waals surface area contributed by atoms with Crippen LogP contribution in [0.5, 0.6) is 5.75 Å². The lowest BCUT2D eigenvalue weighted by Gasteiger charge is -2.17. The third-order valence-electron chi connectivity index (χ3n) is 2.66. The highest BCUT2D eigenvalue weighted by Crippen LogP contribution is 2.23. The summed E-state index contributed by atoms with van der Waals surface area (Å²) < 4.78 is 22.1. The molecule has 1 aromatic carbocycles. The second kappa shape index (κ2) is 6.06. The Morgan fingerprint density at radius 1 is 1.30 bits per heavy atom. The fourth-order valence-corrected chi connectivity index (χ4v) is 2.20. The molecular formula is C13H11N3O3S. The predicted octanol–water partition coefficient (Wildman–Crippen LogP) is 0.726. The molecule has 0 aliphatic heterocycles. The normalized spacial score (nSPS) is 16.8. The van der Waals surface area contributed by atoms with Crippen LogP contribution in [0.1, 0.15) is 5.56 Å². The first-order chi connectivity index (χ1) is 9.61. The zero-order valence-electron chi connectivity index (χ0n) is 10.2. The van der Waals surface area contributed by atoms with E-state index in [1.807, 2.05) is 6.07 Å². The quantitative estimate of drug-likeness (QED) is 0.430. The lowest BCUT2D eigenvalue weighted by Crippen LogP contribution is -2.39. The summed E-state index contributed by atoms with van der Waals surface area (Å²) in [7, 11) is -2.33. The van der Waals surface area contributed by atoms with Crippen LogP contribution in [-0.2, 0) is 10.3 Å². The van der Waals surface area contributed by atoms with Gasteiger partial charge in [-0.15, -0.1) is 0 Å². The molecule has 1 aliphatic carbocycles. The number of phenolic OH excluding ortho intramolecular Hbond substituents is 1. The summed E-state index contributed by atoms with van der Waals surface area (Å²) in [5.41, 5.74) is 6.20. The minimum atomic E-state index is -2.33. The van der Waals surface area contributed by atoms with Gasteiger partial charge in [0.2, 0.25) is 10.3 Å². The molecule has 3 N–H and O–H groups in total. The minimum absolute atomic E-state index is 0.100. The number of benzene rings is 1. The van der Waals surface area contributed by atoms with Gasteiger partial charge in [-0.05, 0) is 24.3 Å². The number of hydrazine groups is 1. The highest BCUT2D eigenvalue weighted by Gasteiger charge is 2.14. The van der Waals surface area contributed by atoms with Gasteiger partial charge in [-0.25, -0.2) is 5.43 Å². The van der Waals surface area contributed by atoms with Crippen molar-refractivity contribution in [2.75, 3.05) is 5.43 Å². The molecule has 0 fully saturated rings. The van der Waals surface area contributed by atoms with Gasteiger partial charge in [0, 0.05) is 0 Å². The van der Waals surface area contributed by atoms with Crippen LogP contribution < -0.4 is 10.9 Å². The maximum atomic E-state index is 11.1. The van der Waals surface area contributed by atoms with E-state index in [0.29, 0.717) is 11.3 Å². The Morgan fingerprint density at radius 2 is 2.10 bits per heavy atom. The number of phenols is 1. The van der Waals surface area contributed by atoms with Gasteiger partial charge in [0.1, 0.15) is 5.75 Å². The third-order valence-corrected chi connectivity index (χ3v) is 3.44. The van der Waals surface area contributed by atoms with Crippen LogP contribution in [0, 0.1) is 11.3 Å². The van der Waals surface area contributed by atoms with E-state index in [2.05, 4.69) is 10.9 Å². The molecule has 1 unspecified atom stereocenters. The van der Waals surface area contributed by atoms with Crippen molar-refractivity contribution in [1.29, 1.82) is 5.26 Å². The topological polar surface area (TPSA) is 102 Å². The van der Waals surface area contributed by atoms with Gasteiger partial charge in [0.15, 0.2) is 0 Å². The van der Waals surface area contributed by atoms with Gasteiger partial charge in [0.25, 0.3) is 0 Å². The van der Waals surface area contributed by atoms with Crippen molar-refractivity contribution < 1.29 is 13.5 Å². The van der Waals surface area contributed by atoms with Crippen molar-refractivity contribution in [2.24, 2.45) is 0 Å². The number of aromatic hydroxyl groups is 1. The van der Waals surface area contributed by atoms with Crippen LogP contribution >= 0.6 is 0 Å². The third kappa shape index (κ3) is 3.06. The molecule has 0 saturated heterocycles. The van der Waals surface area contributed by atoms with E-state index < -0.39 is 16.3 Å². The molecular weight excluding hydrogens is 278 g/mol. The molecule has 0 bridgehead atoms. The molecule has 2 rings (SSSR count). The summed E-state index contributed by atoms with van der Waals surface area (Å²) >= 11 is 0. The summed E-state index contributed by atoms with van der Waals surface area (Å²) in [6.45, 7) is 0. The summed E-state index contributed by atoms with van der Waals surface area (Å²) in [6.07, 6.45) is 6.50. The molecule has 0 aromatic heterocycles. The second-order valence-corrected chi connectivity index (χ2v) is 4.91. The molecule has 0 amide bonds. The van der Waals surface area contributed by atoms with Crippen molar-refractivity contribution in [3.05, 3.63) is 48.1 Å². The lowest BCUT2D eigenvalue weighted by molar-refractivity contribution is 0.476. The van der Waals surface area contributed by atoms with Crippen molar-refractivity contribution in [2.45, 2.75) is 6.04 Å². The van der Waals surface area contributed by atoms with Crippen LogP contribution in [0.2, 0.25) is 0 Å². The van der Waals surface area contributed by atoms with E-state index >= 15 is 0 Å². The van der Waals surface area contributed by atoms with E-state index in [-0.39, 0.29) is 10.6 Å². The summed E-state index contributed by atoms with van der Waals surface area (Å²) in [5.74, 6) is -0.100. The number of rotatable bonds is 3. The average molecular weight is 289 g/mol. The number of nitrogens with zero attached hydrogens (tertiary/aromatic N) is 1. The van der Waals surface area contributed by atoms with Gasteiger partial charge < -0.3 is 10.5 Å². The summed E-state index contributed by atoms with van der Waals surface area (Å²) in [4.78, 5) is 0.188. The fraction of sp³-hybridized carbons (Fsp3) is 0.0769. The number of nitriles is 1. The van der Waals surface area contributed by atoms with Crippen LogP contribution in [-0.4, -0.2) is 24.4 Å². The second-order valence-electron chi connectivity index (χ2n) is 3.97. The zero-order valence-corrected chi connectivity index (χ0v) is 11.1. The molecule has 6 nitrogen and oxygen atoms in total. The van der Waals surface area contributed by atoms with E-state index in [1.54, 1.807) is 18.2 Å². The standard InChI is InChI=1S/C13H11N3O3S/c14-8-9-5-6-10(12(17)7-9)15-16-11-3-1-2-4-13(11)20(18)19/h1-7,11,15-17H. The minimum Gasteiger partial charge on any atom is -0.506 e. The SMILES string of the molecule is N#Cc1ccc(NNC2C=CC=CC2=S(=O)=O)c(O)c1. The lowest BCUT2D eigenvalue weighted by atomic mass is 10.1.